The number of thiophene rings is 1. The Balaban J connectivity index is 1.67. The van der Waals surface area contributed by atoms with Gasteiger partial charge in [-0.15, -0.1) is 0 Å². The van der Waals surface area contributed by atoms with Crippen molar-refractivity contribution in [2.75, 3.05) is 25.5 Å². The van der Waals surface area contributed by atoms with Crippen LogP contribution >= 0.6 is 11.3 Å². The fraction of sp³-hybridized carbons (Fsp3) is 0.438. The molecule has 0 aromatic carbocycles. The zero-order valence-electron chi connectivity index (χ0n) is 12.7. The quantitative estimate of drug-likeness (QED) is 0.942. The number of piperidine rings is 1. The first-order valence-corrected chi connectivity index (χ1v) is 8.51. The molecule has 2 aromatic rings. The van der Waals surface area contributed by atoms with E-state index in [4.69, 9.17) is 0 Å². The van der Waals surface area contributed by atoms with E-state index in [0.29, 0.717) is 5.92 Å². The number of carbonyl (C=O) groups is 1. The zero-order chi connectivity index (χ0) is 15.4. The summed E-state index contributed by atoms with van der Waals surface area (Å²) in [5, 5.41) is 6.96. The summed E-state index contributed by atoms with van der Waals surface area (Å²) in [7, 11) is 1.86. The third-order valence-electron chi connectivity index (χ3n) is 4.07. The molecule has 3 heterocycles. The highest BCUT2D eigenvalue weighted by Crippen LogP contribution is 2.24. The smallest absolute Gasteiger partial charge is 0.254 e. The van der Waals surface area contributed by atoms with E-state index in [1.54, 1.807) is 23.7 Å². The number of aromatic nitrogens is 2. The standard InChI is InChI=1S/C16H20N4OS/c1-17-15-14(18-5-6-19-15)9-12-3-2-7-20(10-12)16(21)13-4-8-22-11-13/h4-6,8,11-12H,2-3,7,9-10H2,1H3,(H,17,19)/t12-/m0/s1. The van der Waals surface area contributed by atoms with Gasteiger partial charge in [0.1, 0.15) is 5.82 Å². The summed E-state index contributed by atoms with van der Waals surface area (Å²) in [4.78, 5) is 23.2. The normalized spacial score (nSPS) is 18.2. The molecule has 2 aromatic heterocycles. The molecule has 22 heavy (non-hydrogen) atoms. The van der Waals surface area contributed by atoms with Gasteiger partial charge in [0.05, 0.1) is 11.3 Å². The molecule has 6 heteroatoms. The molecule has 5 nitrogen and oxygen atoms in total. The second-order valence-corrected chi connectivity index (χ2v) is 6.36. The van der Waals surface area contributed by atoms with Gasteiger partial charge in [0.25, 0.3) is 5.91 Å². The number of nitrogens with zero attached hydrogens (tertiary/aromatic N) is 3. The van der Waals surface area contributed by atoms with Crippen LogP contribution in [0.3, 0.4) is 0 Å². The summed E-state index contributed by atoms with van der Waals surface area (Å²) in [5.74, 6) is 1.43. The summed E-state index contributed by atoms with van der Waals surface area (Å²) in [6.07, 6.45) is 6.47. The number of hydrogen-bond acceptors (Lipinski definition) is 5. The highest BCUT2D eigenvalue weighted by atomic mass is 32.1. The average molecular weight is 316 g/mol. The van der Waals surface area contributed by atoms with Crippen LogP contribution < -0.4 is 5.32 Å². The van der Waals surface area contributed by atoms with Crippen molar-refractivity contribution in [1.29, 1.82) is 0 Å². The van der Waals surface area contributed by atoms with Gasteiger partial charge in [0.2, 0.25) is 0 Å². The van der Waals surface area contributed by atoms with E-state index >= 15 is 0 Å². The zero-order valence-corrected chi connectivity index (χ0v) is 13.5. The van der Waals surface area contributed by atoms with Crippen molar-refractivity contribution in [3.05, 3.63) is 40.5 Å². The fourth-order valence-electron chi connectivity index (χ4n) is 2.98. The van der Waals surface area contributed by atoms with E-state index in [1.165, 1.54) is 0 Å². The Hall–Kier alpha value is -1.95. The molecule has 0 spiro atoms. The van der Waals surface area contributed by atoms with Crippen molar-refractivity contribution in [3.63, 3.8) is 0 Å². The molecule has 0 saturated carbocycles. The molecule has 0 aliphatic carbocycles. The van der Waals surface area contributed by atoms with Crippen LogP contribution in [0.2, 0.25) is 0 Å². The molecule has 1 fully saturated rings. The highest BCUT2D eigenvalue weighted by Gasteiger charge is 2.25. The Morgan fingerprint density at radius 1 is 1.45 bits per heavy atom. The van der Waals surface area contributed by atoms with Crippen molar-refractivity contribution in [2.24, 2.45) is 5.92 Å². The average Bonchev–Trinajstić information content (AvgIpc) is 3.09. The predicted octanol–water partition coefficient (Wildman–Crippen LogP) is 2.67. The van der Waals surface area contributed by atoms with Crippen LogP contribution in [0.15, 0.2) is 29.2 Å². The molecule has 1 saturated heterocycles. The molecule has 1 aliphatic heterocycles. The molecule has 1 aliphatic rings. The SMILES string of the molecule is CNc1nccnc1C[C@@H]1CCCN(C(=O)c2ccsc2)C1. The lowest BCUT2D eigenvalue weighted by Crippen LogP contribution is -2.40. The maximum Gasteiger partial charge on any atom is 0.254 e. The van der Waals surface area contributed by atoms with Gasteiger partial charge in [-0.3, -0.25) is 9.78 Å². The van der Waals surface area contributed by atoms with E-state index in [9.17, 15) is 4.79 Å². The Kier molecular flexibility index (Phi) is 4.68. The van der Waals surface area contributed by atoms with Gasteiger partial charge < -0.3 is 10.2 Å². The number of amides is 1. The number of nitrogens with one attached hydrogen (secondary N) is 1. The van der Waals surface area contributed by atoms with Gasteiger partial charge in [-0.25, -0.2) is 4.98 Å². The lowest BCUT2D eigenvalue weighted by molar-refractivity contribution is 0.0673. The second-order valence-electron chi connectivity index (χ2n) is 5.58. The minimum atomic E-state index is 0.152. The maximum atomic E-state index is 12.5. The maximum absolute atomic E-state index is 12.5. The third kappa shape index (κ3) is 3.27. The van der Waals surface area contributed by atoms with Crippen molar-refractivity contribution < 1.29 is 4.79 Å². The predicted molar refractivity (Wildman–Crippen MR) is 88.2 cm³/mol. The number of carbonyl (C=O) groups excluding carboxylic acids is 1. The molecule has 1 N–H and O–H groups in total. The first-order valence-electron chi connectivity index (χ1n) is 7.57. The van der Waals surface area contributed by atoms with Gasteiger partial charge >= 0.3 is 0 Å². The van der Waals surface area contributed by atoms with E-state index < -0.39 is 0 Å². The summed E-state index contributed by atoms with van der Waals surface area (Å²) in [6.45, 7) is 1.65. The lowest BCUT2D eigenvalue weighted by Gasteiger charge is -2.32. The van der Waals surface area contributed by atoms with Gasteiger partial charge in [0, 0.05) is 37.9 Å². The van der Waals surface area contributed by atoms with Crippen LogP contribution in [0.4, 0.5) is 5.82 Å². The minimum Gasteiger partial charge on any atom is -0.372 e. The van der Waals surface area contributed by atoms with Crippen LogP contribution in [-0.2, 0) is 6.42 Å². The molecular formula is C16H20N4OS. The number of hydrogen-bond donors (Lipinski definition) is 1. The summed E-state index contributed by atoms with van der Waals surface area (Å²) in [6, 6.07) is 1.90. The largest absolute Gasteiger partial charge is 0.372 e. The van der Waals surface area contributed by atoms with E-state index in [-0.39, 0.29) is 5.91 Å². The molecule has 116 valence electrons. The molecule has 0 radical (unpaired) electrons. The summed E-state index contributed by atoms with van der Waals surface area (Å²) < 4.78 is 0. The third-order valence-corrected chi connectivity index (χ3v) is 4.75. The molecular weight excluding hydrogens is 296 g/mol. The number of rotatable bonds is 4. The summed E-state index contributed by atoms with van der Waals surface area (Å²) in [5.41, 5.74) is 1.79. The first-order chi connectivity index (χ1) is 10.8. The molecule has 0 unspecified atom stereocenters. The Morgan fingerprint density at radius 3 is 3.09 bits per heavy atom. The number of likely N-dealkylation sites (tertiary alicyclic amines) is 1. The van der Waals surface area contributed by atoms with E-state index in [2.05, 4.69) is 15.3 Å². The molecule has 3 rings (SSSR count). The van der Waals surface area contributed by atoms with E-state index in [1.807, 2.05) is 28.8 Å². The van der Waals surface area contributed by atoms with Gasteiger partial charge in [-0.2, -0.15) is 11.3 Å². The van der Waals surface area contributed by atoms with Crippen molar-refractivity contribution in [1.82, 2.24) is 14.9 Å². The fourth-order valence-corrected chi connectivity index (χ4v) is 3.61. The van der Waals surface area contributed by atoms with Gasteiger partial charge in [0.15, 0.2) is 0 Å². The van der Waals surface area contributed by atoms with Crippen LogP contribution in [0.1, 0.15) is 28.9 Å². The molecule has 1 amide bonds. The van der Waals surface area contributed by atoms with Crippen molar-refractivity contribution >= 4 is 23.1 Å². The highest BCUT2D eigenvalue weighted by molar-refractivity contribution is 7.08. The summed E-state index contributed by atoms with van der Waals surface area (Å²) >= 11 is 1.57. The van der Waals surface area contributed by atoms with Crippen molar-refractivity contribution in [3.8, 4) is 0 Å². The van der Waals surface area contributed by atoms with E-state index in [0.717, 1.165) is 49.4 Å². The Labute approximate surface area is 134 Å². The van der Waals surface area contributed by atoms with Gasteiger partial charge in [-0.1, -0.05) is 0 Å². The van der Waals surface area contributed by atoms with Crippen LogP contribution in [-0.4, -0.2) is 40.9 Å². The monoisotopic (exact) mass is 316 g/mol. The Morgan fingerprint density at radius 2 is 2.32 bits per heavy atom. The van der Waals surface area contributed by atoms with Crippen LogP contribution in [0.25, 0.3) is 0 Å². The van der Waals surface area contributed by atoms with Gasteiger partial charge in [-0.05, 0) is 36.6 Å². The van der Waals surface area contributed by atoms with Crippen LogP contribution in [0, 0.1) is 5.92 Å². The minimum absolute atomic E-state index is 0.152. The van der Waals surface area contributed by atoms with Crippen molar-refractivity contribution in [2.45, 2.75) is 19.3 Å². The number of anilines is 1. The first kappa shape index (κ1) is 15.0. The topological polar surface area (TPSA) is 58.1 Å². The lowest BCUT2D eigenvalue weighted by atomic mass is 9.93. The molecule has 1 atom stereocenters. The molecule has 0 bridgehead atoms. The second kappa shape index (κ2) is 6.87. The Bertz CT molecular complexity index is 629. The van der Waals surface area contributed by atoms with Crippen LogP contribution in [0.5, 0.6) is 0 Å².